The molecule has 0 saturated heterocycles. The van der Waals surface area contributed by atoms with Crippen molar-refractivity contribution in [1.82, 2.24) is 0 Å². The lowest BCUT2D eigenvalue weighted by atomic mass is 10.2. The summed E-state index contributed by atoms with van der Waals surface area (Å²) in [6, 6.07) is 3.12. The molecule has 0 unspecified atom stereocenters. The van der Waals surface area contributed by atoms with Gasteiger partial charge in [-0.15, -0.1) is 0 Å². The second kappa shape index (κ2) is 7.81. The van der Waals surface area contributed by atoms with Crippen molar-refractivity contribution in [1.29, 1.82) is 0 Å². The molecule has 0 fully saturated rings. The van der Waals surface area contributed by atoms with Crippen molar-refractivity contribution in [3.8, 4) is 11.5 Å². The third-order valence-corrected chi connectivity index (χ3v) is 2.90. The lowest BCUT2D eigenvalue weighted by Crippen LogP contribution is -2.06. The summed E-state index contributed by atoms with van der Waals surface area (Å²) in [6.45, 7) is 3.94. The number of carbonyl (C=O) groups is 1. The summed E-state index contributed by atoms with van der Waals surface area (Å²) in [5.41, 5.74) is 0.330. The van der Waals surface area contributed by atoms with Crippen LogP contribution in [0.2, 0.25) is 0 Å². The Morgan fingerprint density at radius 3 is 2.47 bits per heavy atom. The van der Waals surface area contributed by atoms with Crippen LogP contribution in [-0.4, -0.2) is 33.6 Å². The summed E-state index contributed by atoms with van der Waals surface area (Å²) >= 11 is 3.35. The molecule has 0 aliphatic heterocycles. The number of hydrogen-bond acceptors (Lipinski definition) is 5. The van der Waals surface area contributed by atoms with E-state index in [0.717, 1.165) is 0 Å². The monoisotopic (exact) mass is 330 g/mol. The Morgan fingerprint density at radius 1 is 1.32 bits per heavy atom. The molecule has 1 aromatic carbocycles. The molecule has 6 heteroatoms. The van der Waals surface area contributed by atoms with Crippen molar-refractivity contribution in [2.75, 3.05) is 27.6 Å². The van der Waals surface area contributed by atoms with Crippen LogP contribution in [-0.2, 0) is 9.47 Å². The molecule has 0 spiro atoms. The van der Waals surface area contributed by atoms with Gasteiger partial charge in [-0.05, 0) is 28.1 Å². The average Bonchev–Trinajstić information content (AvgIpc) is 2.44. The molecule has 0 saturated carbocycles. The summed E-state index contributed by atoms with van der Waals surface area (Å²) in [7, 11) is 2.82. The number of halogens is 1. The maximum absolute atomic E-state index is 11.6. The maximum Gasteiger partial charge on any atom is 0.338 e. The van der Waals surface area contributed by atoms with Gasteiger partial charge in [-0.2, -0.15) is 0 Å². The van der Waals surface area contributed by atoms with Crippen LogP contribution >= 0.6 is 15.9 Å². The van der Waals surface area contributed by atoms with Crippen molar-refractivity contribution < 1.29 is 23.7 Å². The highest BCUT2D eigenvalue weighted by atomic mass is 79.9. The standard InChI is InChI=1S/C13H15BrO5/c1-4-5-18-10-6-9(13(15)17-3)7-11(12(10)14)19-8-16-2/h4,6-7H,1,5,8H2,2-3H3. The van der Waals surface area contributed by atoms with Crippen LogP contribution < -0.4 is 9.47 Å². The summed E-state index contributed by atoms with van der Waals surface area (Å²) in [4.78, 5) is 11.6. The van der Waals surface area contributed by atoms with Gasteiger partial charge in [-0.3, -0.25) is 0 Å². The minimum atomic E-state index is -0.474. The molecule has 19 heavy (non-hydrogen) atoms. The van der Waals surface area contributed by atoms with Crippen molar-refractivity contribution in [2.24, 2.45) is 0 Å². The molecule has 0 heterocycles. The molecule has 0 bridgehead atoms. The molecule has 0 aliphatic carbocycles. The Kier molecular flexibility index (Phi) is 6.38. The Hall–Kier alpha value is -1.53. The number of benzene rings is 1. The molecule has 5 nitrogen and oxygen atoms in total. The van der Waals surface area contributed by atoms with Crippen LogP contribution in [0.4, 0.5) is 0 Å². The Labute approximate surface area is 120 Å². The largest absolute Gasteiger partial charge is 0.488 e. The smallest absolute Gasteiger partial charge is 0.338 e. The Balaban J connectivity index is 3.13. The van der Waals surface area contributed by atoms with E-state index in [2.05, 4.69) is 27.2 Å². The molecule has 0 atom stereocenters. The van der Waals surface area contributed by atoms with Gasteiger partial charge in [-0.1, -0.05) is 12.7 Å². The second-order valence-electron chi connectivity index (χ2n) is 3.43. The molecule has 104 valence electrons. The van der Waals surface area contributed by atoms with Gasteiger partial charge >= 0.3 is 5.97 Å². The zero-order valence-electron chi connectivity index (χ0n) is 10.8. The minimum Gasteiger partial charge on any atom is -0.488 e. The highest BCUT2D eigenvalue weighted by Gasteiger charge is 2.15. The SMILES string of the molecule is C=CCOc1cc(C(=O)OC)cc(OCOC)c1Br. The first-order chi connectivity index (χ1) is 9.13. The maximum atomic E-state index is 11.6. The molecule has 0 radical (unpaired) electrons. The first-order valence-corrected chi connectivity index (χ1v) is 6.20. The zero-order chi connectivity index (χ0) is 14.3. The first kappa shape index (κ1) is 15.5. The van der Waals surface area contributed by atoms with Crippen molar-refractivity contribution in [3.05, 3.63) is 34.8 Å². The highest BCUT2D eigenvalue weighted by molar-refractivity contribution is 9.10. The molecule has 0 N–H and O–H groups in total. The van der Waals surface area contributed by atoms with Crippen LogP contribution in [0.5, 0.6) is 11.5 Å². The topological polar surface area (TPSA) is 54.0 Å². The molecule has 0 aromatic heterocycles. The Bertz CT molecular complexity index is 459. The second-order valence-corrected chi connectivity index (χ2v) is 4.22. The van der Waals surface area contributed by atoms with Crippen LogP contribution in [0.1, 0.15) is 10.4 Å². The molecule has 1 rings (SSSR count). The van der Waals surface area contributed by atoms with Gasteiger partial charge in [0.2, 0.25) is 0 Å². The number of rotatable bonds is 7. The van der Waals surface area contributed by atoms with Crippen LogP contribution in [0.15, 0.2) is 29.3 Å². The highest BCUT2D eigenvalue weighted by Crippen LogP contribution is 2.36. The van der Waals surface area contributed by atoms with E-state index in [0.29, 0.717) is 28.1 Å². The fourth-order valence-corrected chi connectivity index (χ4v) is 1.75. The van der Waals surface area contributed by atoms with E-state index in [1.54, 1.807) is 18.2 Å². The third-order valence-electron chi connectivity index (χ3n) is 2.12. The van der Waals surface area contributed by atoms with Crippen molar-refractivity contribution >= 4 is 21.9 Å². The predicted molar refractivity (Wildman–Crippen MR) is 73.7 cm³/mol. The number of esters is 1. The normalized spacial score (nSPS) is 9.84. The van der Waals surface area contributed by atoms with Crippen LogP contribution in [0.3, 0.4) is 0 Å². The van der Waals surface area contributed by atoms with Gasteiger partial charge in [0.15, 0.2) is 6.79 Å². The molecule has 0 aliphatic rings. The fraction of sp³-hybridized carbons (Fsp3) is 0.308. The van der Waals surface area contributed by atoms with Gasteiger partial charge in [0.25, 0.3) is 0 Å². The molecule has 1 aromatic rings. The summed E-state index contributed by atoms with van der Waals surface area (Å²) in [6.07, 6.45) is 1.60. The molecule has 0 amide bonds. The number of carbonyl (C=O) groups excluding carboxylic acids is 1. The fourth-order valence-electron chi connectivity index (χ4n) is 1.29. The van der Waals surface area contributed by atoms with E-state index < -0.39 is 5.97 Å². The van der Waals surface area contributed by atoms with E-state index in [4.69, 9.17) is 14.2 Å². The van der Waals surface area contributed by atoms with E-state index in [1.807, 2.05) is 0 Å². The lowest BCUT2D eigenvalue weighted by molar-refractivity contribution is 0.0496. The van der Waals surface area contributed by atoms with E-state index in [-0.39, 0.29) is 6.79 Å². The van der Waals surface area contributed by atoms with Crippen LogP contribution in [0, 0.1) is 0 Å². The van der Waals surface area contributed by atoms with E-state index in [1.165, 1.54) is 14.2 Å². The molecular weight excluding hydrogens is 316 g/mol. The van der Waals surface area contributed by atoms with Gasteiger partial charge in [0.05, 0.1) is 12.7 Å². The number of ether oxygens (including phenoxy) is 4. The quantitative estimate of drug-likeness (QED) is 0.437. The molecular formula is C13H15BrO5. The predicted octanol–water partition coefficient (Wildman–Crippen LogP) is 2.78. The van der Waals surface area contributed by atoms with E-state index >= 15 is 0 Å². The summed E-state index contributed by atoms with van der Waals surface area (Å²) in [5, 5.41) is 0. The first-order valence-electron chi connectivity index (χ1n) is 5.41. The van der Waals surface area contributed by atoms with Crippen LogP contribution in [0.25, 0.3) is 0 Å². The number of hydrogen-bond donors (Lipinski definition) is 0. The average molecular weight is 331 g/mol. The van der Waals surface area contributed by atoms with E-state index in [9.17, 15) is 4.79 Å². The van der Waals surface area contributed by atoms with Crippen molar-refractivity contribution in [3.63, 3.8) is 0 Å². The number of methoxy groups -OCH3 is 2. The minimum absolute atomic E-state index is 0.0596. The Morgan fingerprint density at radius 2 is 1.95 bits per heavy atom. The van der Waals surface area contributed by atoms with Gasteiger partial charge in [0, 0.05) is 7.11 Å². The lowest BCUT2D eigenvalue weighted by Gasteiger charge is -2.13. The van der Waals surface area contributed by atoms with Crippen molar-refractivity contribution in [2.45, 2.75) is 0 Å². The zero-order valence-corrected chi connectivity index (χ0v) is 12.4. The summed E-state index contributed by atoms with van der Waals surface area (Å²) in [5.74, 6) is 0.427. The van der Waals surface area contributed by atoms with Gasteiger partial charge in [0.1, 0.15) is 22.6 Å². The van der Waals surface area contributed by atoms with Gasteiger partial charge < -0.3 is 18.9 Å². The summed E-state index contributed by atoms with van der Waals surface area (Å²) < 4.78 is 20.9. The van der Waals surface area contributed by atoms with Gasteiger partial charge in [-0.25, -0.2) is 4.79 Å². The third kappa shape index (κ3) is 4.25.